The van der Waals surface area contributed by atoms with Gasteiger partial charge in [0.25, 0.3) is 0 Å². The van der Waals surface area contributed by atoms with Crippen molar-refractivity contribution < 1.29 is 9.50 Å². The fraction of sp³-hybridized carbons (Fsp3) is 0.467. The van der Waals surface area contributed by atoms with E-state index in [2.05, 4.69) is 10.3 Å². The first kappa shape index (κ1) is 13.9. The molecule has 0 saturated carbocycles. The molecular formula is C15H21FN2O. The maximum absolute atomic E-state index is 13.4. The molecule has 4 heteroatoms. The smallest absolute Gasteiger partial charge is 0.117 e. The summed E-state index contributed by atoms with van der Waals surface area (Å²) < 4.78 is 13.4. The average Bonchev–Trinajstić information content (AvgIpc) is 2.68. The van der Waals surface area contributed by atoms with Crippen molar-refractivity contribution in [3.63, 3.8) is 0 Å². The lowest BCUT2D eigenvalue weighted by molar-refractivity contribution is 0.204. The predicted octanol–water partition coefficient (Wildman–Crippen LogP) is 3.14. The van der Waals surface area contributed by atoms with Crippen LogP contribution < -0.4 is 5.32 Å². The molecule has 1 unspecified atom stereocenters. The van der Waals surface area contributed by atoms with Crippen molar-refractivity contribution in [2.75, 3.05) is 6.54 Å². The van der Waals surface area contributed by atoms with E-state index in [1.165, 1.54) is 0 Å². The highest BCUT2D eigenvalue weighted by Gasteiger charge is 2.17. The largest absolute Gasteiger partial charge is 0.508 e. The predicted molar refractivity (Wildman–Crippen MR) is 76.3 cm³/mol. The molecule has 1 heterocycles. The number of rotatable bonds is 5. The van der Waals surface area contributed by atoms with Crippen LogP contribution in [-0.4, -0.2) is 28.3 Å². The van der Waals surface area contributed by atoms with E-state index < -0.39 is 5.67 Å². The number of hydrogen-bond acceptors (Lipinski definition) is 2. The van der Waals surface area contributed by atoms with Crippen LogP contribution >= 0.6 is 0 Å². The minimum Gasteiger partial charge on any atom is -0.508 e. The zero-order valence-corrected chi connectivity index (χ0v) is 11.6. The summed E-state index contributed by atoms with van der Waals surface area (Å²) in [6, 6.07) is 5.45. The standard InChI is InChI=1S/C15H21FN2O/c1-10(18-9-15(2,3)16)6-11-8-17-14-5-4-12(19)7-13(11)14/h4-5,7-8,10,17-19H,6,9H2,1-3H3. The summed E-state index contributed by atoms with van der Waals surface area (Å²) >= 11 is 0. The first-order valence-electron chi connectivity index (χ1n) is 6.56. The van der Waals surface area contributed by atoms with E-state index in [0.717, 1.165) is 22.9 Å². The maximum Gasteiger partial charge on any atom is 0.117 e. The van der Waals surface area contributed by atoms with E-state index in [1.807, 2.05) is 19.2 Å². The van der Waals surface area contributed by atoms with E-state index in [4.69, 9.17) is 0 Å². The normalized spacial score (nSPS) is 13.9. The van der Waals surface area contributed by atoms with E-state index in [1.54, 1.807) is 26.0 Å². The highest BCUT2D eigenvalue weighted by Crippen LogP contribution is 2.23. The molecule has 2 aromatic rings. The van der Waals surface area contributed by atoms with Crippen LogP contribution in [0.15, 0.2) is 24.4 Å². The van der Waals surface area contributed by atoms with Gasteiger partial charge in [-0.2, -0.15) is 0 Å². The molecule has 3 N–H and O–H groups in total. The Morgan fingerprint density at radius 3 is 2.84 bits per heavy atom. The molecule has 3 nitrogen and oxygen atoms in total. The quantitative estimate of drug-likeness (QED) is 0.777. The van der Waals surface area contributed by atoms with Gasteiger partial charge in [-0.3, -0.25) is 0 Å². The lowest BCUT2D eigenvalue weighted by Gasteiger charge is -2.19. The van der Waals surface area contributed by atoms with Crippen molar-refractivity contribution in [3.8, 4) is 5.75 Å². The molecular weight excluding hydrogens is 243 g/mol. The van der Waals surface area contributed by atoms with E-state index in [0.29, 0.717) is 6.54 Å². The van der Waals surface area contributed by atoms with Gasteiger partial charge in [-0.15, -0.1) is 0 Å². The molecule has 19 heavy (non-hydrogen) atoms. The molecule has 0 amide bonds. The van der Waals surface area contributed by atoms with Crippen molar-refractivity contribution in [1.29, 1.82) is 0 Å². The number of aromatic nitrogens is 1. The van der Waals surface area contributed by atoms with E-state index >= 15 is 0 Å². The Morgan fingerprint density at radius 2 is 2.16 bits per heavy atom. The number of aromatic hydroxyl groups is 1. The second-order valence-corrected chi connectivity index (χ2v) is 5.75. The van der Waals surface area contributed by atoms with Crippen LogP contribution in [0, 0.1) is 0 Å². The zero-order valence-electron chi connectivity index (χ0n) is 11.6. The topological polar surface area (TPSA) is 48.0 Å². The summed E-state index contributed by atoms with van der Waals surface area (Å²) in [4.78, 5) is 3.18. The first-order chi connectivity index (χ1) is 8.85. The molecule has 0 aliphatic carbocycles. The Kier molecular flexibility index (Phi) is 3.80. The molecule has 1 aromatic carbocycles. The molecule has 1 aromatic heterocycles. The molecule has 0 fully saturated rings. The number of benzene rings is 1. The number of phenols is 1. The molecule has 1 atom stereocenters. The number of H-pyrrole nitrogens is 1. The van der Waals surface area contributed by atoms with Crippen LogP contribution in [-0.2, 0) is 6.42 Å². The minimum absolute atomic E-state index is 0.177. The molecule has 0 aliphatic rings. The molecule has 0 bridgehead atoms. The third kappa shape index (κ3) is 3.70. The van der Waals surface area contributed by atoms with Gasteiger partial charge in [0.15, 0.2) is 0 Å². The van der Waals surface area contributed by atoms with E-state index in [9.17, 15) is 9.50 Å². The fourth-order valence-corrected chi connectivity index (χ4v) is 2.15. The van der Waals surface area contributed by atoms with Crippen molar-refractivity contribution in [1.82, 2.24) is 10.3 Å². The number of phenolic OH excluding ortho intramolecular Hbond substituents is 1. The second-order valence-electron chi connectivity index (χ2n) is 5.75. The number of alkyl halides is 1. The van der Waals surface area contributed by atoms with Crippen LogP contribution in [0.1, 0.15) is 26.3 Å². The van der Waals surface area contributed by atoms with Crippen LogP contribution in [0.3, 0.4) is 0 Å². The Labute approximate surface area is 112 Å². The number of hydrogen-bond donors (Lipinski definition) is 3. The highest BCUT2D eigenvalue weighted by molar-refractivity contribution is 5.84. The Bertz CT molecular complexity index is 557. The van der Waals surface area contributed by atoms with Crippen molar-refractivity contribution in [3.05, 3.63) is 30.0 Å². The maximum atomic E-state index is 13.4. The Morgan fingerprint density at radius 1 is 1.42 bits per heavy atom. The van der Waals surface area contributed by atoms with Gasteiger partial charge in [-0.05, 0) is 51.0 Å². The highest BCUT2D eigenvalue weighted by atomic mass is 19.1. The van der Waals surface area contributed by atoms with Gasteiger partial charge < -0.3 is 15.4 Å². The first-order valence-corrected chi connectivity index (χ1v) is 6.56. The molecule has 104 valence electrons. The summed E-state index contributed by atoms with van der Waals surface area (Å²) in [5.74, 6) is 0.263. The average molecular weight is 264 g/mol. The summed E-state index contributed by atoms with van der Waals surface area (Å²) in [6.07, 6.45) is 2.74. The molecule has 0 radical (unpaired) electrons. The number of halogens is 1. The van der Waals surface area contributed by atoms with Gasteiger partial charge in [0.05, 0.1) is 0 Å². The number of aromatic amines is 1. The molecule has 2 rings (SSSR count). The van der Waals surface area contributed by atoms with Gasteiger partial charge in [0, 0.05) is 29.7 Å². The zero-order chi connectivity index (χ0) is 14.0. The summed E-state index contributed by atoms with van der Waals surface area (Å²) in [5, 5.41) is 13.7. The number of fused-ring (bicyclic) bond motifs is 1. The second kappa shape index (κ2) is 5.21. The monoisotopic (exact) mass is 264 g/mol. The fourth-order valence-electron chi connectivity index (χ4n) is 2.15. The molecule has 0 aliphatic heterocycles. The van der Waals surface area contributed by atoms with Crippen molar-refractivity contribution in [2.24, 2.45) is 0 Å². The lowest BCUT2D eigenvalue weighted by Crippen LogP contribution is -2.37. The van der Waals surface area contributed by atoms with Crippen LogP contribution in [0.25, 0.3) is 10.9 Å². The van der Waals surface area contributed by atoms with Gasteiger partial charge in [0.2, 0.25) is 0 Å². The Hall–Kier alpha value is -1.55. The summed E-state index contributed by atoms with van der Waals surface area (Å²) in [5.41, 5.74) is 0.931. The minimum atomic E-state index is -1.20. The molecule has 0 spiro atoms. The van der Waals surface area contributed by atoms with E-state index in [-0.39, 0.29) is 11.8 Å². The number of nitrogens with one attached hydrogen (secondary N) is 2. The lowest BCUT2D eigenvalue weighted by atomic mass is 10.0. The Balaban J connectivity index is 2.06. The van der Waals surface area contributed by atoms with Gasteiger partial charge >= 0.3 is 0 Å². The van der Waals surface area contributed by atoms with Crippen LogP contribution in [0.5, 0.6) is 5.75 Å². The van der Waals surface area contributed by atoms with Gasteiger partial charge in [-0.1, -0.05) is 0 Å². The van der Waals surface area contributed by atoms with Crippen LogP contribution in [0.4, 0.5) is 4.39 Å². The SMILES string of the molecule is CC(Cc1c[nH]c2ccc(O)cc12)NCC(C)(C)F. The third-order valence-corrected chi connectivity index (χ3v) is 3.15. The van der Waals surface area contributed by atoms with Crippen molar-refractivity contribution in [2.45, 2.75) is 38.9 Å². The summed E-state index contributed by atoms with van der Waals surface area (Å²) in [6.45, 7) is 5.50. The third-order valence-electron chi connectivity index (χ3n) is 3.15. The van der Waals surface area contributed by atoms with Crippen molar-refractivity contribution >= 4 is 10.9 Å². The molecule has 0 saturated heterocycles. The van der Waals surface area contributed by atoms with Gasteiger partial charge in [0.1, 0.15) is 11.4 Å². The van der Waals surface area contributed by atoms with Gasteiger partial charge in [-0.25, -0.2) is 4.39 Å². The summed E-state index contributed by atoms with van der Waals surface area (Å²) in [7, 11) is 0. The van der Waals surface area contributed by atoms with Crippen LogP contribution in [0.2, 0.25) is 0 Å².